The fourth-order valence-corrected chi connectivity index (χ4v) is 2.87. The number of hydrogen-bond donors (Lipinski definition) is 1. The lowest BCUT2D eigenvalue weighted by molar-refractivity contribution is 0.249. The molecule has 14 heavy (non-hydrogen) atoms. The van der Waals surface area contributed by atoms with Gasteiger partial charge in [0.05, 0.1) is 5.02 Å². The van der Waals surface area contributed by atoms with Crippen molar-refractivity contribution >= 4 is 22.9 Å². The van der Waals surface area contributed by atoms with E-state index in [2.05, 4.69) is 22.6 Å². The molecule has 1 aliphatic rings. The number of nitrogens with one attached hydrogen (secondary N) is 1. The van der Waals surface area contributed by atoms with Gasteiger partial charge in [-0.3, -0.25) is 4.90 Å². The average Bonchev–Trinajstić information content (AvgIpc) is 2.77. The first-order chi connectivity index (χ1) is 6.77. The molecule has 2 rings (SSSR count). The first-order valence-corrected chi connectivity index (χ1v) is 6.21. The zero-order valence-electron chi connectivity index (χ0n) is 8.29. The van der Waals surface area contributed by atoms with E-state index in [0.717, 1.165) is 24.7 Å². The van der Waals surface area contributed by atoms with E-state index in [4.69, 9.17) is 11.6 Å². The second kappa shape index (κ2) is 4.62. The molecule has 0 aromatic carbocycles. The van der Waals surface area contributed by atoms with Gasteiger partial charge in [0.25, 0.3) is 0 Å². The number of rotatable bonds is 3. The summed E-state index contributed by atoms with van der Waals surface area (Å²) in [7, 11) is 2.17. The van der Waals surface area contributed by atoms with Crippen LogP contribution in [-0.2, 0) is 6.54 Å². The Kier molecular flexibility index (Phi) is 3.44. The third-order valence-electron chi connectivity index (χ3n) is 2.77. The Balaban J connectivity index is 1.93. The molecule has 4 heteroatoms. The summed E-state index contributed by atoms with van der Waals surface area (Å²) in [6.45, 7) is 3.22. The Hall–Kier alpha value is -0.0900. The first kappa shape index (κ1) is 10.4. The Morgan fingerprint density at radius 1 is 1.64 bits per heavy atom. The summed E-state index contributed by atoms with van der Waals surface area (Å²) >= 11 is 7.74. The molecule has 1 aromatic rings. The molecular formula is C10H15ClN2S. The van der Waals surface area contributed by atoms with Crippen LogP contribution < -0.4 is 5.32 Å². The van der Waals surface area contributed by atoms with Crippen molar-refractivity contribution in [2.75, 3.05) is 20.1 Å². The van der Waals surface area contributed by atoms with E-state index in [0.29, 0.717) is 6.04 Å². The number of nitrogens with zero attached hydrogens (tertiary/aromatic N) is 1. The van der Waals surface area contributed by atoms with Gasteiger partial charge in [-0.25, -0.2) is 0 Å². The second-order valence-corrected chi connectivity index (χ2v) is 4.96. The van der Waals surface area contributed by atoms with Gasteiger partial charge in [0.15, 0.2) is 0 Å². The molecule has 1 saturated heterocycles. The Morgan fingerprint density at radius 3 is 3.07 bits per heavy atom. The molecule has 2 heterocycles. The fraction of sp³-hybridized carbons (Fsp3) is 0.600. The summed E-state index contributed by atoms with van der Waals surface area (Å²) < 4.78 is 0. The highest BCUT2D eigenvalue weighted by atomic mass is 35.5. The van der Waals surface area contributed by atoms with E-state index in [9.17, 15) is 0 Å². The van der Waals surface area contributed by atoms with Gasteiger partial charge in [0.2, 0.25) is 0 Å². The topological polar surface area (TPSA) is 15.3 Å². The van der Waals surface area contributed by atoms with Crippen molar-refractivity contribution in [3.8, 4) is 0 Å². The van der Waals surface area contributed by atoms with Crippen molar-refractivity contribution in [2.24, 2.45) is 0 Å². The average molecular weight is 231 g/mol. The smallest absolute Gasteiger partial charge is 0.0557 e. The highest BCUT2D eigenvalue weighted by molar-refractivity contribution is 7.08. The molecule has 2 nitrogen and oxygen atoms in total. The van der Waals surface area contributed by atoms with Crippen LogP contribution in [0.1, 0.15) is 12.0 Å². The predicted molar refractivity (Wildman–Crippen MR) is 62.1 cm³/mol. The molecule has 1 aromatic heterocycles. The SMILES string of the molecule is CN(Cc1cscc1Cl)C1CCNC1. The minimum atomic E-state index is 0.672. The fourth-order valence-electron chi connectivity index (χ4n) is 1.83. The summed E-state index contributed by atoms with van der Waals surface area (Å²) in [6.07, 6.45) is 1.25. The number of likely N-dealkylation sites (N-methyl/N-ethyl adjacent to an activating group) is 1. The molecule has 1 N–H and O–H groups in total. The van der Waals surface area contributed by atoms with Crippen LogP contribution in [0.25, 0.3) is 0 Å². The quantitative estimate of drug-likeness (QED) is 0.857. The maximum Gasteiger partial charge on any atom is 0.0557 e. The highest BCUT2D eigenvalue weighted by Gasteiger charge is 2.19. The Labute approximate surface area is 93.9 Å². The lowest BCUT2D eigenvalue weighted by atomic mass is 10.2. The molecule has 1 unspecified atom stereocenters. The molecule has 0 amide bonds. The van der Waals surface area contributed by atoms with E-state index in [1.807, 2.05) is 5.38 Å². The monoisotopic (exact) mass is 230 g/mol. The van der Waals surface area contributed by atoms with Crippen LogP contribution in [0.15, 0.2) is 10.8 Å². The molecular weight excluding hydrogens is 216 g/mol. The van der Waals surface area contributed by atoms with E-state index in [1.54, 1.807) is 11.3 Å². The van der Waals surface area contributed by atoms with Crippen molar-refractivity contribution in [3.63, 3.8) is 0 Å². The van der Waals surface area contributed by atoms with Gasteiger partial charge >= 0.3 is 0 Å². The Morgan fingerprint density at radius 2 is 2.50 bits per heavy atom. The van der Waals surface area contributed by atoms with Crippen molar-refractivity contribution < 1.29 is 0 Å². The van der Waals surface area contributed by atoms with Gasteiger partial charge in [-0.1, -0.05) is 11.6 Å². The molecule has 0 radical (unpaired) electrons. The van der Waals surface area contributed by atoms with E-state index in [-0.39, 0.29) is 0 Å². The summed E-state index contributed by atoms with van der Waals surface area (Å²) in [5, 5.41) is 8.42. The molecule has 0 spiro atoms. The molecule has 1 atom stereocenters. The van der Waals surface area contributed by atoms with Crippen LogP contribution in [0, 0.1) is 0 Å². The van der Waals surface area contributed by atoms with Crippen LogP contribution in [0.3, 0.4) is 0 Å². The minimum Gasteiger partial charge on any atom is -0.315 e. The van der Waals surface area contributed by atoms with Crippen LogP contribution in [0.2, 0.25) is 5.02 Å². The van der Waals surface area contributed by atoms with E-state index in [1.165, 1.54) is 12.0 Å². The largest absolute Gasteiger partial charge is 0.315 e. The molecule has 0 bridgehead atoms. The molecule has 1 aliphatic heterocycles. The van der Waals surface area contributed by atoms with Gasteiger partial charge in [0, 0.05) is 24.5 Å². The summed E-state index contributed by atoms with van der Waals surface area (Å²) in [4.78, 5) is 2.38. The molecule has 0 saturated carbocycles. The minimum absolute atomic E-state index is 0.672. The van der Waals surface area contributed by atoms with Gasteiger partial charge in [-0.15, -0.1) is 0 Å². The van der Waals surface area contributed by atoms with Crippen LogP contribution in [0.4, 0.5) is 0 Å². The normalized spacial score (nSPS) is 22.1. The zero-order valence-corrected chi connectivity index (χ0v) is 9.87. The third-order valence-corrected chi connectivity index (χ3v) is 4.04. The van der Waals surface area contributed by atoms with E-state index >= 15 is 0 Å². The highest BCUT2D eigenvalue weighted by Crippen LogP contribution is 2.22. The van der Waals surface area contributed by atoms with Crippen LogP contribution >= 0.6 is 22.9 Å². The van der Waals surface area contributed by atoms with Gasteiger partial charge in [-0.2, -0.15) is 11.3 Å². The molecule has 1 fully saturated rings. The summed E-state index contributed by atoms with van der Waals surface area (Å²) in [5.74, 6) is 0. The summed E-state index contributed by atoms with van der Waals surface area (Å²) in [5.41, 5.74) is 1.26. The second-order valence-electron chi connectivity index (χ2n) is 3.81. The molecule has 78 valence electrons. The third kappa shape index (κ3) is 2.28. The number of thiophene rings is 1. The maximum atomic E-state index is 6.06. The van der Waals surface area contributed by atoms with Gasteiger partial charge in [-0.05, 0) is 31.0 Å². The van der Waals surface area contributed by atoms with Crippen molar-refractivity contribution in [1.82, 2.24) is 10.2 Å². The standard InChI is InChI=1S/C10H15ClN2S/c1-13(9-2-3-12-4-9)5-8-6-14-7-10(8)11/h6-7,9,12H,2-5H2,1H3. The van der Waals surface area contributed by atoms with Gasteiger partial charge < -0.3 is 5.32 Å². The van der Waals surface area contributed by atoms with Crippen molar-refractivity contribution in [1.29, 1.82) is 0 Å². The van der Waals surface area contributed by atoms with Gasteiger partial charge in [0.1, 0.15) is 0 Å². The van der Waals surface area contributed by atoms with Crippen molar-refractivity contribution in [2.45, 2.75) is 19.0 Å². The summed E-state index contributed by atoms with van der Waals surface area (Å²) in [6, 6.07) is 0.672. The lowest BCUT2D eigenvalue weighted by Crippen LogP contribution is -2.32. The maximum absolute atomic E-state index is 6.06. The first-order valence-electron chi connectivity index (χ1n) is 4.89. The molecule has 0 aliphatic carbocycles. The predicted octanol–water partition coefficient (Wildman–Crippen LogP) is 2.20. The zero-order chi connectivity index (χ0) is 9.97. The van der Waals surface area contributed by atoms with E-state index < -0.39 is 0 Å². The Bertz CT molecular complexity index is 294. The number of halogens is 1. The van der Waals surface area contributed by atoms with Crippen molar-refractivity contribution in [3.05, 3.63) is 21.3 Å². The van der Waals surface area contributed by atoms with Crippen LogP contribution in [-0.4, -0.2) is 31.1 Å². The van der Waals surface area contributed by atoms with Crippen LogP contribution in [0.5, 0.6) is 0 Å². The lowest BCUT2D eigenvalue weighted by Gasteiger charge is -2.22. The number of hydrogen-bond acceptors (Lipinski definition) is 3.